The monoisotopic (exact) mass is 316 g/mol. The first-order valence-electron chi connectivity index (χ1n) is 6.70. The van der Waals surface area contributed by atoms with Crippen LogP contribution in [0.1, 0.15) is 29.4 Å². The fourth-order valence-corrected chi connectivity index (χ4v) is 2.91. The van der Waals surface area contributed by atoms with Crippen molar-refractivity contribution < 1.29 is 9.32 Å². The number of carbonyl (C=O) groups excluding carboxylic acids is 1. The molecule has 114 valence electrons. The highest BCUT2D eigenvalue weighted by atomic mass is 32.2. The fraction of sp³-hybridized carbons (Fsp3) is 0.333. The zero-order valence-electron chi connectivity index (χ0n) is 12.8. The van der Waals surface area contributed by atoms with Gasteiger partial charge in [-0.2, -0.15) is 5.26 Å². The summed E-state index contributed by atoms with van der Waals surface area (Å²) in [5, 5.41) is 15.8. The molecular formula is C15H16N4O2S. The molecule has 0 aliphatic carbocycles. The standard InChI is InChI=1S/C15H16N4O2S/c1-8-5-9(2)17-15(12(8)7-16)22-11(4)14(20)18-13-6-10(3)19-21-13/h5-6,11H,1-4H3,(H,18,20). The summed E-state index contributed by atoms with van der Waals surface area (Å²) in [4.78, 5) is 16.5. The summed E-state index contributed by atoms with van der Waals surface area (Å²) in [5.74, 6) is 0.0786. The van der Waals surface area contributed by atoms with E-state index >= 15 is 0 Å². The van der Waals surface area contributed by atoms with Gasteiger partial charge in [0.1, 0.15) is 11.1 Å². The molecule has 0 radical (unpaired) electrons. The van der Waals surface area contributed by atoms with Gasteiger partial charge in [0.05, 0.1) is 16.5 Å². The van der Waals surface area contributed by atoms with Crippen LogP contribution in [0, 0.1) is 32.1 Å². The maximum Gasteiger partial charge on any atom is 0.240 e. The fourth-order valence-electron chi connectivity index (χ4n) is 1.89. The molecule has 2 aromatic rings. The first-order chi connectivity index (χ1) is 10.4. The van der Waals surface area contributed by atoms with Crippen LogP contribution in [-0.4, -0.2) is 21.3 Å². The van der Waals surface area contributed by atoms with Gasteiger partial charge in [0.2, 0.25) is 11.8 Å². The molecule has 1 unspecified atom stereocenters. The van der Waals surface area contributed by atoms with Gasteiger partial charge in [0.25, 0.3) is 0 Å². The smallest absolute Gasteiger partial charge is 0.240 e. The van der Waals surface area contributed by atoms with E-state index in [-0.39, 0.29) is 5.91 Å². The van der Waals surface area contributed by atoms with E-state index in [1.54, 1.807) is 19.9 Å². The lowest BCUT2D eigenvalue weighted by Gasteiger charge is -2.12. The Balaban J connectivity index is 2.13. The Morgan fingerprint density at radius 1 is 1.36 bits per heavy atom. The lowest BCUT2D eigenvalue weighted by molar-refractivity contribution is -0.115. The Bertz CT molecular complexity index is 748. The van der Waals surface area contributed by atoms with Crippen LogP contribution in [0.25, 0.3) is 0 Å². The lowest BCUT2D eigenvalue weighted by Crippen LogP contribution is -2.22. The maximum atomic E-state index is 12.2. The molecule has 0 aliphatic rings. The van der Waals surface area contributed by atoms with E-state index in [9.17, 15) is 10.1 Å². The average molecular weight is 316 g/mol. The van der Waals surface area contributed by atoms with Gasteiger partial charge in [-0.1, -0.05) is 16.9 Å². The summed E-state index contributed by atoms with van der Waals surface area (Å²) < 4.78 is 4.96. The summed E-state index contributed by atoms with van der Waals surface area (Å²) in [7, 11) is 0. The largest absolute Gasteiger partial charge is 0.338 e. The van der Waals surface area contributed by atoms with Gasteiger partial charge in [-0.05, 0) is 39.3 Å². The predicted octanol–water partition coefficient (Wildman–Crippen LogP) is 2.99. The molecule has 1 N–H and O–H groups in total. The molecule has 0 aliphatic heterocycles. The maximum absolute atomic E-state index is 12.2. The molecule has 2 aromatic heterocycles. The van der Waals surface area contributed by atoms with E-state index in [4.69, 9.17) is 4.52 Å². The highest BCUT2D eigenvalue weighted by Gasteiger charge is 2.20. The number of rotatable bonds is 4. The van der Waals surface area contributed by atoms with Crippen molar-refractivity contribution in [3.63, 3.8) is 0 Å². The third kappa shape index (κ3) is 3.65. The molecule has 7 heteroatoms. The van der Waals surface area contributed by atoms with Gasteiger partial charge in [-0.25, -0.2) is 4.98 Å². The number of anilines is 1. The molecule has 2 heterocycles. The molecule has 22 heavy (non-hydrogen) atoms. The zero-order valence-corrected chi connectivity index (χ0v) is 13.6. The Labute approximate surface area is 132 Å². The second-order valence-corrected chi connectivity index (χ2v) is 6.28. The van der Waals surface area contributed by atoms with Crippen LogP contribution in [0.3, 0.4) is 0 Å². The van der Waals surface area contributed by atoms with Gasteiger partial charge in [-0.3, -0.25) is 10.1 Å². The summed E-state index contributed by atoms with van der Waals surface area (Å²) >= 11 is 1.25. The van der Waals surface area contributed by atoms with Crippen molar-refractivity contribution in [3.05, 3.63) is 34.6 Å². The minimum Gasteiger partial charge on any atom is -0.338 e. The normalized spacial score (nSPS) is 11.8. The number of hydrogen-bond donors (Lipinski definition) is 1. The van der Waals surface area contributed by atoms with Crippen LogP contribution >= 0.6 is 11.8 Å². The Morgan fingerprint density at radius 3 is 2.68 bits per heavy atom. The molecule has 1 atom stereocenters. The molecule has 0 aromatic carbocycles. The lowest BCUT2D eigenvalue weighted by atomic mass is 10.1. The predicted molar refractivity (Wildman–Crippen MR) is 83.6 cm³/mol. The van der Waals surface area contributed by atoms with Gasteiger partial charge in [0.15, 0.2) is 0 Å². The van der Waals surface area contributed by atoms with Crippen LogP contribution in [0.2, 0.25) is 0 Å². The average Bonchev–Trinajstić information content (AvgIpc) is 2.83. The van der Waals surface area contributed by atoms with Crippen molar-refractivity contribution in [1.29, 1.82) is 5.26 Å². The molecule has 2 rings (SSSR count). The minimum absolute atomic E-state index is 0.231. The quantitative estimate of drug-likeness (QED) is 0.872. The molecule has 1 amide bonds. The zero-order chi connectivity index (χ0) is 16.3. The summed E-state index contributed by atoms with van der Waals surface area (Å²) in [5.41, 5.74) is 2.87. The van der Waals surface area contributed by atoms with Crippen LogP contribution in [0.4, 0.5) is 5.88 Å². The van der Waals surface area contributed by atoms with E-state index in [0.29, 0.717) is 22.2 Å². The van der Waals surface area contributed by atoms with Crippen molar-refractivity contribution in [3.8, 4) is 6.07 Å². The molecular weight excluding hydrogens is 300 g/mol. The van der Waals surface area contributed by atoms with E-state index < -0.39 is 5.25 Å². The van der Waals surface area contributed by atoms with E-state index in [1.807, 2.05) is 19.9 Å². The number of pyridine rings is 1. The first kappa shape index (κ1) is 16.0. The van der Waals surface area contributed by atoms with Gasteiger partial charge < -0.3 is 4.52 Å². The first-order valence-corrected chi connectivity index (χ1v) is 7.58. The van der Waals surface area contributed by atoms with E-state index in [2.05, 4.69) is 21.5 Å². The van der Waals surface area contributed by atoms with Crippen molar-refractivity contribution in [1.82, 2.24) is 10.1 Å². The molecule has 0 bridgehead atoms. The number of aryl methyl sites for hydroxylation is 3. The third-order valence-corrected chi connectivity index (χ3v) is 4.04. The van der Waals surface area contributed by atoms with E-state index in [1.165, 1.54) is 11.8 Å². The highest BCUT2D eigenvalue weighted by molar-refractivity contribution is 8.00. The van der Waals surface area contributed by atoms with Crippen LogP contribution in [-0.2, 0) is 4.79 Å². The summed E-state index contributed by atoms with van der Waals surface area (Å²) in [6.45, 7) is 7.25. The van der Waals surface area contributed by atoms with Crippen molar-refractivity contribution in [2.75, 3.05) is 5.32 Å². The van der Waals surface area contributed by atoms with Crippen LogP contribution in [0.5, 0.6) is 0 Å². The van der Waals surface area contributed by atoms with Crippen molar-refractivity contribution >= 4 is 23.6 Å². The third-order valence-electron chi connectivity index (χ3n) is 2.96. The topological polar surface area (TPSA) is 91.8 Å². The van der Waals surface area contributed by atoms with Crippen LogP contribution < -0.4 is 5.32 Å². The number of nitrogens with one attached hydrogen (secondary N) is 1. The summed E-state index contributed by atoms with van der Waals surface area (Å²) in [6, 6.07) is 5.64. The van der Waals surface area contributed by atoms with Crippen molar-refractivity contribution in [2.24, 2.45) is 0 Å². The molecule has 0 saturated carbocycles. The molecule has 6 nitrogen and oxygen atoms in total. The van der Waals surface area contributed by atoms with Gasteiger partial charge >= 0.3 is 0 Å². The second kappa shape index (κ2) is 6.62. The number of aromatic nitrogens is 2. The SMILES string of the molecule is Cc1cc(NC(=O)C(C)Sc2nc(C)cc(C)c2C#N)on1. The second-order valence-electron chi connectivity index (χ2n) is 4.95. The van der Waals surface area contributed by atoms with E-state index in [0.717, 1.165) is 11.3 Å². The summed E-state index contributed by atoms with van der Waals surface area (Å²) in [6.07, 6.45) is 0. The minimum atomic E-state index is -0.425. The van der Waals surface area contributed by atoms with Crippen molar-refractivity contribution in [2.45, 2.75) is 38.0 Å². The van der Waals surface area contributed by atoms with Gasteiger partial charge in [0, 0.05) is 11.8 Å². The molecule has 0 spiro atoms. The molecule has 0 fully saturated rings. The van der Waals surface area contributed by atoms with Crippen LogP contribution in [0.15, 0.2) is 21.7 Å². The number of thioether (sulfide) groups is 1. The number of nitrogens with zero attached hydrogens (tertiary/aromatic N) is 3. The Kier molecular flexibility index (Phi) is 4.83. The number of nitriles is 1. The molecule has 0 saturated heterocycles. The van der Waals surface area contributed by atoms with Gasteiger partial charge in [-0.15, -0.1) is 0 Å². The number of amides is 1. The Morgan fingerprint density at radius 2 is 2.09 bits per heavy atom. The highest BCUT2D eigenvalue weighted by Crippen LogP contribution is 2.28. The number of hydrogen-bond acceptors (Lipinski definition) is 6. The Hall–Kier alpha value is -2.33. The number of carbonyl (C=O) groups is 1.